The Hall–Kier alpha value is -2.73. The molecule has 30 heavy (non-hydrogen) atoms. The molecule has 1 saturated heterocycles. The van der Waals surface area contributed by atoms with E-state index in [0.717, 1.165) is 0 Å². The van der Waals surface area contributed by atoms with E-state index in [2.05, 4.69) is 4.98 Å². The van der Waals surface area contributed by atoms with Gasteiger partial charge in [-0.15, -0.1) is 0 Å². The molecule has 11 heteroatoms. The van der Waals surface area contributed by atoms with Crippen LogP contribution in [0.2, 0.25) is 6.32 Å². The highest BCUT2D eigenvalue weighted by molar-refractivity contribution is 6.40. The van der Waals surface area contributed by atoms with E-state index < -0.39 is 37.3 Å². The Bertz CT molecular complexity index is 840. The molecule has 1 aromatic rings. The van der Waals surface area contributed by atoms with Crippen molar-refractivity contribution >= 4 is 19.0 Å². The molecule has 3 unspecified atom stereocenters. The zero-order valence-electron chi connectivity index (χ0n) is 16.2. The minimum absolute atomic E-state index is 0.00599. The van der Waals surface area contributed by atoms with E-state index in [-0.39, 0.29) is 43.1 Å². The molecule has 1 aromatic heterocycles. The van der Waals surface area contributed by atoms with E-state index in [1.807, 2.05) is 0 Å². The molecule has 1 aliphatic heterocycles. The molecule has 6 N–H and O–H groups in total. The van der Waals surface area contributed by atoms with Gasteiger partial charge in [0.25, 0.3) is 0 Å². The molecule has 0 saturated carbocycles. The van der Waals surface area contributed by atoms with E-state index >= 15 is 0 Å². The first-order chi connectivity index (χ1) is 14.3. The second kappa shape index (κ2) is 9.39. The maximum atomic E-state index is 12.5. The second-order valence-corrected chi connectivity index (χ2v) is 7.36. The summed E-state index contributed by atoms with van der Waals surface area (Å²) < 4.78 is 5.72. The Balaban J connectivity index is 1.59. The Morgan fingerprint density at radius 2 is 2.10 bits per heavy atom. The smallest absolute Gasteiger partial charge is 0.451 e. The van der Waals surface area contributed by atoms with Crippen molar-refractivity contribution in [2.75, 3.05) is 13.1 Å². The third kappa shape index (κ3) is 4.87. The van der Waals surface area contributed by atoms with Gasteiger partial charge in [0.15, 0.2) is 0 Å². The topological polar surface area (TPSA) is 166 Å². The maximum Gasteiger partial charge on any atom is 0.451 e. The van der Waals surface area contributed by atoms with Crippen LogP contribution in [0.5, 0.6) is 0 Å². The Morgan fingerprint density at radius 3 is 2.70 bits per heavy atom. The van der Waals surface area contributed by atoms with E-state index in [4.69, 9.17) is 20.5 Å². The van der Waals surface area contributed by atoms with Gasteiger partial charge in [0.2, 0.25) is 5.91 Å². The number of nitrogens with zero attached hydrogens (tertiary/aromatic N) is 2. The molecule has 2 aliphatic rings. The summed E-state index contributed by atoms with van der Waals surface area (Å²) in [7, 11) is -1.53. The number of likely N-dealkylation sites (tertiary alicyclic amines) is 1. The average molecular weight is 417 g/mol. The van der Waals surface area contributed by atoms with Crippen molar-refractivity contribution in [1.82, 2.24) is 9.88 Å². The summed E-state index contributed by atoms with van der Waals surface area (Å²) >= 11 is 0. The first-order valence-corrected chi connectivity index (χ1v) is 9.58. The first kappa shape index (κ1) is 22.0. The SMILES string of the molecule is NC(C(=O)N1CC(OC2=C(C(=O)O)C(O)C(CCB(O)O)C=C2)C1)c1cccnc1. The number of rotatable bonds is 8. The highest BCUT2D eigenvalue weighted by Crippen LogP contribution is 2.31. The quantitative estimate of drug-likeness (QED) is 0.335. The number of amides is 1. The van der Waals surface area contributed by atoms with Crippen LogP contribution < -0.4 is 5.73 Å². The Labute approximate surface area is 173 Å². The van der Waals surface area contributed by atoms with Crippen molar-refractivity contribution < 1.29 is 34.6 Å². The lowest BCUT2D eigenvalue weighted by atomic mass is 9.77. The molecule has 1 aliphatic carbocycles. The molecular formula is C19H24BN3O7. The number of carbonyl (C=O) groups is 2. The maximum absolute atomic E-state index is 12.5. The molecule has 1 fully saturated rings. The molecular weight excluding hydrogens is 393 g/mol. The molecule has 2 heterocycles. The van der Waals surface area contributed by atoms with Crippen molar-refractivity contribution in [2.24, 2.45) is 11.7 Å². The lowest BCUT2D eigenvalue weighted by Crippen LogP contribution is -2.57. The molecule has 1 amide bonds. The minimum atomic E-state index is -1.53. The molecule has 10 nitrogen and oxygen atoms in total. The van der Waals surface area contributed by atoms with Crippen molar-refractivity contribution in [3.63, 3.8) is 0 Å². The molecule has 0 spiro atoms. The number of aliphatic carboxylic acids is 1. The number of carboxylic acids is 1. The van der Waals surface area contributed by atoms with Gasteiger partial charge in [0.05, 0.1) is 19.2 Å². The van der Waals surface area contributed by atoms with Gasteiger partial charge < -0.3 is 35.6 Å². The molecule has 0 bridgehead atoms. The predicted molar refractivity (Wildman–Crippen MR) is 106 cm³/mol. The predicted octanol–water partition coefficient (Wildman–Crippen LogP) is -0.943. The van der Waals surface area contributed by atoms with Gasteiger partial charge in [-0.2, -0.15) is 0 Å². The van der Waals surface area contributed by atoms with Gasteiger partial charge in [-0.05, 0) is 30.4 Å². The number of aliphatic hydroxyl groups is 1. The summed E-state index contributed by atoms with van der Waals surface area (Å²) in [5.41, 5.74) is 6.30. The fourth-order valence-corrected chi connectivity index (χ4v) is 3.47. The van der Waals surface area contributed by atoms with Gasteiger partial charge in [-0.3, -0.25) is 9.78 Å². The summed E-state index contributed by atoms with van der Waals surface area (Å²) in [4.78, 5) is 29.6. The van der Waals surface area contributed by atoms with Crippen LogP contribution in [0.1, 0.15) is 18.0 Å². The number of hydrogen-bond acceptors (Lipinski definition) is 8. The van der Waals surface area contributed by atoms with Crippen LogP contribution in [0.4, 0.5) is 0 Å². The van der Waals surface area contributed by atoms with Crippen LogP contribution in [-0.2, 0) is 14.3 Å². The van der Waals surface area contributed by atoms with Crippen LogP contribution in [0, 0.1) is 5.92 Å². The van der Waals surface area contributed by atoms with Crippen molar-refractivity contribution in [1.29, 1.82) is 0 Å². The number of carbonyl (C=O) groups excluding carboxylic acids is 1. The highest BCUT2D eigenvalue weighted by atomic mass is 16.5. The number of aromatic nitrogens is 1. The van der Waals surface area contributed by atoms with Gasteiger partial charge in [-0.25, -0.2) is 4.79 Å². The molecule has 3 rings (SSSR count). The normalized spacial score (nSPS) is 22.5. The van der Waals surface area contributed by atoms with E-state index in [9.17, 15) is 19.8 Å². The number of carboxylic acid groups (broad SMARTS) is 1. The number of ether oxygens (including phenoxy) is 1. The van der Waals surface area contributed by atoms with E-state index in [0.29, 0.717) is 5.56 Å². The van der Waals surface area contributed by atoms with Crippen LogP contribution >= 0.6 is 0 Å². The van der Waals surface area contributed by atoms with Gasteiger partial charge in [-0.1, -0.05) is 12.1 Å². The third-order valence-electron chi connectivity index (χ3n) is 5.21. The van der Waals surface area contributed by atoms with Crippen molar-refractivity contribution in [3.8, 4) is 0 Å². The zero-order valence-corrected chi connectivity index (χ0v) is 16.2. The van der Waals surface area contributed by atoms with Crippen molar-refractivity contribution in [2.45, 2.75) is 31.0 Å². The number of pyridine rings is 1. The third-order valence-corrected chi connectivity index (χ3v) is 5.21. The largest absolute Gasteiger partial charge is 0.486 e. The molecule has 0 aromatic carbocycles. The van der Waals surface area contributed by atoms with Gasteiger partial charge in [0, 0.05) is 18.3 Å². The number of nitrogens with two attached hydrogens (primary N) is 1. The molecule has 3 atom stereocenters. The standard InChI is InChI=1S/C19H24BN3O7/c21-16(12-2-1-7-22-8-12)18(25)23-9-13(10-23)30-14-4-3-11(5-6-20(28)29)17(24)15(14)19(26)27/h1-4,7-8,11,13,16-17,24,28-29H,5-6,9-10,21H2,(H,26,27). The molecule has 0 radical (unpaired) electrons. The second-order valence-electron chi connectivity index (χ2n) is 7.36. The summed E-state index contributed by atoms with van der Waals surface area (Å²) in [6, 6.07) is 2.57. The minimum Gasteiger partial charge on any atom is -0.486 e. The average Bonchev–Trinajstić information content (AvgIpc) is 2.68. The van der Waals surface area contributed by atoms with E-state index in [1.54, 1.807) is 24.4 Å². The van der Waals surface area contributed by atoms with Crippen molar-refractivity contribution in [3.05, 3.63) is 53.6 Å². The fourth-order valence-electron chi connectivity index (χ4n) is 3.47. The van der Waals surface area contributed by atoms with Gasteiger partial charge >= 0.3 is 13.1 Å². The summed E-state index contributed by atoms with van der Waals surface area (Å²) in [6.45, 7) is 0.487. The summed E-state index contributed by atoms with van der Waals surface area (Å²) in [5, 5.41) is 37.9. The van der Waals surface area contributed by atoms with Crippen LogP contribution in [-0.4, -0.2) is 74.4 Å². The highest BCUT2D eigenvalue weighted by Gasteiger charge is 2.38. The van der Waals surface area contributed by atoms with Crippen LogP contribution in [0.25, 0.3) is 0 Å². The molecule has 160 valence electrons. The Morgan fingerprint density at radius 1 is 1.37 bits per heavy atom. The van der Waals surface area contributed by atoms with E-state index in [1.165, 1.54) is 17.2 Å². The lowest BCUT2D eigenvalue weighted by Gasteiger charge is -2.41. The monoisotopic (exact) mass is 417 g/mol. The summed E-state index contributed by atoms with van der Waals surface area (Å²) in [5.74, 6) is -2.13. The van der Waals surface area contributed by atoms with Crippen LogP contribution in [0.15, 0.2) is 48.0 Å². The van der Waals surface area contributed by atoms with Crippen LogP contribution in [0.3, 0.4) is 0 Å². The summed E-state index contributed by atoms with van der Waals surface area (Å²) in [6.07, 6.45) is 4.63. The number of hydrogen-bond donors (Lipinski definition) is 5. The number of allylic oxidation sites excluding steroid dienone is 1. The van der Waals surface area contributed by atoms with Gasteiger partial charge in [0.1, 0.15) is 23.5 Å². The lowest BCUT2D eigenvalue weighted by molar-refractivity contribution is -0.144. The zero-order chi connectivity index (χ0) is 21.8. The fraction of sp³-hybridized carbons (Fsp3) is 0.421. The Kier molecular flexibility index (Phi) is 6.88. The first-order valence-electron chi connectivity index (χ1n) is 9.58. The number of aliphatic hydroxyl groups excluding tert-OH is 1.